The zero-order valence-electron chi connectivity index (χ0n) is 14.2. The summed E-state index contributed by atoms with van der Waals surface area (Å²) in [5, 5.41) is 11.9. The van der Waals surface area contributed by atoms with Crippen LogP contribution in [0.5, 0.6) is 5.75 Å². The number of aliphatic carboxylic acids is 1. The normalized spacial score (nSPS) is 13.0. The number of carboxylic acid groups (broad SMARTS) is 1. The summed E-state index contributed by atoms with van der Waals surface area (Å²) >= 11 is 0. The van der Waals surface area contributed by atoms with Crippen LogP contribution >= 0.6 is 0 Å². The minimum Gasteiger partial charge on any atom is -0.479 e. The smallest absolute Gasteiger partial charge is 0.330 e. The van der Waals surface area contributed by atoms with Gasteiger partial charge in [0.2, 0.25) is 0 Å². The summed E-state index contributed by atoms with van der Waals surface area (Å²) in [6.07, 6.45) is -1.05. The molecule has 2 rings (SSSR count). The first-order chi connectivity index (χ1) is 11.8. The van der Waals surface area contributed by atoms with E-state index in [1.165, 1.54) is 25.1 Å². The van der Waals surface area contributed by atoms with Crippen LogP contribution in [0.15, 0.2) is 42.5 Å². The summed E-state index contributed by atoms with van der Waals surface area (Å²) in [7, 11) is 0. The Morgan fingerprint density at radius 2 is 1.80 bits per heavy atom. The third kappa shape index (κ3) is 4.56. The number of amides is 1. The van der Waals surface area contributed by atoms with E-state index in [2.05, 4.69) is 5.32 Å². The second-order valence-electron chi connectivity index (χ2n) is 5.81. The molecule has 0 aliphatic rings. The minimum absolute atomic E-state index is 0.0665. The molecule has 0 radical (unpaired) electrons. The zero-order chi connectivity index (χ0) is 18.6. The minimum atomic E-state index is -1.21. The van der Waals surface area contributed by atoms with Crippen molar-refractivity contribution < 1.29 is 23.8 Å². The van der Waals surface area contributed by atoms with Crippen LogP contribution in [-0.2, 0) is 9.59 Å². The molecule has 2 aromatic rings. The van der Waals surface area contributed by atoms with E-state index in [0.29, 0.717) is 5.56 Å². The largest absolute Gasteiger partial charge is 0.479 e. The molecule has 0 saturated heterocycles. The molecule has 0 aromatic heterocycles. The van der Waals surface area contributed by atoms with Gasteiger partial charge in [-0.05, 0) is 49.6 Å². The molecule has 2 aromatic carbocycles. The number of nitrogens with one attached hydrogen (secondary N) is 1. The standard InChI is InChI=1S/C19H20FNO4/c1-11-8-9-14(10-12(11)2)17(19(23)24)21-18(22)13(3)25-16-7-5-4-6-15(16)20/h4-10,13,17H,1-3H3,(H,21,22)(H,23,24). The van der Waals surface area contributed by atoms with Gasteiger partial charge in [0, 0.05) is 0 Å². The fourth-order valence-electron chi connectivity index (χ4n) is 2.28. The summed E-state index contributed by atoms with van der Waals surface area (Å²) < 4.78 is 18.9. The number of benzene rings is 2. The second-order valence-corrected chi connectivity index (χ2v) is 5.81. The van der Waals surface area contributed by atoms with Crippen molar-refractivity contribution in [1.82, 2.24) is 5.32 Å². The van der Waals surface area contributed by atoms with Crippen LogP contribution in [0.25, 0.3) is 0 Å². The Morgan fingerprint density at radius 3 is 2.40 bits per heavy atom. The molecule has 0 fully saturated rings. The molecule has 0 bridgehead atoms. The average Bonchev–Trinajstić information content (AvgIpc) is 2.56. The van der Waals surface area contributed by atoms with E-state index in [0.717, 1.165) is 11.1 Å². The molecule has 5 nitrogen and oxygen atoms in total. The molecular weight excluding hydrogens is 325 g/mol. The van der Waals surface area contributed by atoms with E-state index in [1.807, 2.05) is 13.8 Å². The van der Waals surface area contributed by atoms with Gasteiger partial charge in [-0.2, -0.15) is 0 Å². The topological polar surface area (TPSA) is 75.6 Å². The third-order valence-electron chi connectivity index (χ3n) is 3.91. The number of carboxylic acids is 1. The number of halogens is 1. The maximum absolute atomic E-state index is 13.6. The predicted octanol–water partition coefficient (Wildman–Crippen LogP) is 3.15. The lowest BCUT2D eigenvalue weighted by Gasteiger charge is -2.20. The molecule has 2 N–H and O–H groups in total. The van der Waals surface area contributed by atoms with Gasteiger partial charge in [0.15, 0.2) is 23.7 Å². The van der Waals surface area contributed by atoms with Crippen molar-refractivity contribution in [2.45, 2.75) is 32.9 Å². The van der Waals surface area contributed by atoms with Crippen molar-refractivity contribution in [2.75, 3.05) is 0 Å². The lowest BCUT2D eigenvalue weighted by molar-refractivity contribution is -0.143. The van der Waals surface area contributed by atoms with Gasteiger partial charge in [0.1, 0.15) is 0 Å². The van der Waals surface area contributed by atoms with E-state index < -0.39 is 29.8 Å². The first-order valence-corrected chi connectivity index (χ1v) is 7.81. The molecule has 0 spiro atoms. The highest BCUT2D eigenvalue weighted by Gasteiger charge is 2.26. The number of aryl methyl sites for hydroxylation is 2. The van der Waals surface area contributed by atoms with E-state index in [1.54, 1.807) is 24.3 Å². The van der Waals surface area contributed by atoms with Crippen LogP contribution in [0.2, 0.25) is 0 Å². The maximum Gasteiger partial charge on any atom is 0.330 e. The number of hydrogen-bond acceptors (Lipinski definition) is 3. The molecule has 0 saturated carbocycles. The molecule has 0 aliphatic carbocycles. The number of carbonyl (C=O) groups excluding carboxylic acids is 1. The quantitative estimate of drug-likeness (QED) is 0.843. The molecule has 2 atom stereocenters. The number of ether oxygens (including phenoxy) is 1. The Morgan fingerprint density at radius 1 is 1.12 bits per heavy atom. The van der Waals surface area contributed by atoms with Crippen molar-refractivity contribution in [2.24, 2.45) is 0 Å². The fourth-order valence-corrected chi connectivity index (χ4v) is 2.28. The summed E-state index contributed by atoms with van der Waals surface area (Å²) in [5.74, 6) is -2.49. The SMILES string of the molecule is Cc1ccc(C(NC(=O)C(C)Oc2ccccc2F)C(=O)O)cc1C. The Bertz CT molecular complexity index is 791. The zero-order valence-corrected chi connectivity index (χ0v) is 14.2. The highest BCUT2D eigenvalue weighted by atomic mass is 19.1. The van der Waals surface area contributed by atoms with Gasteiger partial charge < -0.3 is 15.2 Å². The maximum atomic E-state index is 13.6. The Labute approximate surface area is 145 Å². The van der Waals surface area contributed by atoms with Crippen molar-refractivity contribution in [1.29, 1.82) is 0 Å². The third-order valence-corrected chi connectivity index (χ3v) is 3.91. The Hall–Kier alpha value is -2.89. The van der Waals surface area contributed by atoms with Crippen LogP contribution in [0.3, 0.4) is 0 Å². The average molecular weight is 345 g/mol. The second kappa shape index (κ2) is 7.79. The van der Waals surface area contributed by atoms with Gasteiger partial charge in [0.25, 0.3) is 5.91 Å². The first kappa shape index (κ1) is 18.4. The van der Waals surface area contributed by atoms with Crippen LogP contribution < -0.4 is 10.1 Å². The Balaban J connectivity index is 2.13. The van der Waals surface area contributed by atoms with Crippen molar-refractivity contribution in [3.05, 3.63) is 65.0 Å². The lowest BCUT2D eigenvalue weighted by atomic mass is 10.0. The monoisotopic (exact) mass is 345 g/mol. The number of hydrogen-bond donors (Lipinski definition) is 2. The van der Waals surface area contributed by atoms with Gasteiger partial charge in [0.05, 0.1) is 0 Å². The van der Waals surface area contributed by atoms with E-state index in [-0.39, 0.29) is 5.75 Å². The van der Waals surface area contributed by atoms with Gasteiger partial charge in [-0.1, -0.05) is 30.3 Å². The summed E-state index contributed by atoms with van der Waals surface area (Å²) in [6, 6.07) is 9.67. The lowest BCUT2D eigenvalue weighted by Crippen LogP contribution is -2.41. The van der Waals surface area contributed by atoms with Crippen molar-refractivity contribution in [3.63, 3.8) is 0 Å². The molecule has 25 heavy (non-hydrogen) atoms. The first-order valence-electron chi connectivity index (χ1n) is 7.81. The van der Waals surface area contributed by atoms with Gasteiger partial charge in [-0.3, -0.25) is 4.79 Å². The summed E-state index contributed by atoms with van der Waals surface area (Å²) in [5.41, 5.74) is 2.41. The van der Waals surface area contributed by atoms with Crippen molar-refractivity contribution in [3.8, 4) is 5.75 Å². The molecule has 132 valence electrons. The predicted molar refractivity (Wildman–Crippen MR) is 90.9 cm³/mol. The van der Waals surface area contributed by atoms with E-state index >= 15 is 0 Å². The van der Waals surface area contributed by atoms with Crippen LogP contribution in [0, 0.1) is 19.7 Å². The molecular formula is C19H20FNO4. The molecule has 6 heteroatoms. The molecule has 0 aliphatic heterocycles. The highest BCUT2D eigenvalue weighted by Crippen LogP contribution is 2.20. The number of para-hydroxylation sites is 1. The van der Waals surface area contributed by atoms with Crippen molar-refractivity contribution >= 4 is 11.9 Å². The summed E-state index contributed by atoms with van der Waals surface area (Å²) in [6.45, 7) is 5.21. The highest BCUT2D eigenvalue weighted by molar-refractivity contribution is 5.87. The van der Waals surface area contributed by atoms with E-state index in [9.17, 15) is 19.1 Å². The number of rotatable bonds is 6. The molecule has 2 unspecified atom stereocenters. The van der Waals surface area contributed by atoms with Crippen LogP contribution in [0.4, 0.5) is 4.39 Å². The Kier molecular flexibility index (Phi) is 5.75. The number of carbonyl (C=O) groups is 2. The fraction of sp³-hybridized carbons (Fsp3) is 0.263. The molecule has 1 amide bonds. The van der Waals surface area contributed by atoms with E-state index in [4.69, 9.17) is 4.74 Å². The molecule has 0 heterocycles. The van der Waals surface area contributed by atoms with Crippen LogP contribution in [-0.4, -0.2) is 23.1 Å². The van der Waals surface area contributed by atoms with Crippen LogP contribution in [0.1, 0.15) is 29.7 Å². The van der Waals surface area contributed by atoms with Gasteiger partial charge in [-0.15, -0.1) is 0 Å². The van der Waals surface area contributed by atoms with Gasteiger partial charge >= 0.3 is 5.97 Å². The summed E-state index contributed by atoms with van der Waals surface area (Å²) in [4.78, 5) is 23.8. The van der Waals surface area contributed by atoms with Gasteiger partial charge in [-0.25, -0.2) is 9.18 Å².